The molecule has 0 fully saturated rings. The summed E-state index contributed by atoms with van der Waals surface area (Å²) in [5, 5.41) is 20.9. The van der Waals surface area contributed by atoms with Gasteiger partial charge in [-0.25, -0.2) is 14.6 Å². The summed E-state index contributed by atoms with van der Waals surface area (Å²) in [4.78, 5) is 15.3. The van der Waals surface area contributed by atoms with Gasteiger partial charge in [0, 0.05) is 48.7 Å². The van der Waals surface area contributed by atoms with Gasteiger partial charge in [0.25, 0.3) is 0 Å². The number of aliphatic hydroxyl groups is 1. The number of nitrogens with one attached hydrogen (secondary N) is 1. The Kier molecular flexibility index (Phi) is 5.24. The van der Waals surface area contributed by atoms with Crippen molar-refractivity contribution in [1.29, 1.82) is 0 Å². The van der Waals surface area contributed by atoms with E-state index in [1.54, 1.807) is 19.3 Å². The minimum atomic E-state index is -1.33. The van der Waals surface area contributed by atoms with Gasteiger partial charge in [-0.05, 0) is 37.5 Å². The van der Waals surface area contributed by atoms with Gasteiger partial charge < -0.3 is 24.8 Å². The smallest absolute Gasteiger partial charge is 0.231 e. The van der Waals surface area contributed by atoms with E-state index >= 15 is 0 Å². The number of hydrogen-bond acceptors (Lipinski definition) is 10. The summed E-state index contributed by atoms with van der Waals surface area (Å²) < 4.78 is 12.7. The van der Waals surface area contributed by atoms with Gasteiger partial charge in [0.2, 0.25) is 12.7 Å². The normalized spacial score (nSPS) is 15.7. The minimum Gasteiger partial charge on any atom is -0.454 e. The number of ether oxygens (including phenoxy) is 2. The second-order valence-corrected chi connectivity index (χ2v) is 9.10. The van der Waals surface area contributed by atoms with Gasteiger partial charge in [0.1, 0.15) is 22.3 Å². The number of thiazole rings is 1. The molecule has 4 aromatic rings. The lowest BCUT2D eigenvalue weighted by Crippen LogP contribution is -2.28. The summed E-state index contributed by atoms with van der Waals surface area (Å²) >= 11 is 1.37. The van der Waals surface area contributed by atoms with Crippen molar-refractivity contribution in [1.82, 2.24) is 24.7 Å². The highest BCUT2D eigenvalue weighted by Gasteiger charge is 2.25. The van der Waals surface area contributed by atoms with Crippen molar-refractivity contribution in [2.45, 2.75) is 25.5 Å². The maximum absolute atomic E-state index is 10.7. The van der Waals surface area contributed by atoms with E-state index < -0.39 is 5.60 Å². The summed E-state index contributed by atoms with van der Waals surface area (Å²) in [6.45, 7) is 3.43. The number of benzene rings is 1. The molecule has 1 unspecified atom stereocenters. The maximum atomic E-state index is 10.7. The van der Waals surface area contributed by atoms with Crippen molar-refractivity contribution in [3.63, 3.8) is 0 Å². The van der Waals surface area contributed by atoms with Crippen LogP contribution in [0.4, 0.5) is 23.3 Å². The molecule has 35 heavy (non-hydrogen) atoms. The number of anilines is 4. The topological polar surface area (TPSA) is 110 Å². The molecule has 0 radical (unpaired) electrons. The number of aromatic nitrogens is 5. The number of hydrogen-bond donors (Lipinski definition) is 2. The van der Waals surface area contributed by atoms with Gasteiger partial charge in [-0.3, -0.25) is 0 Å². The molecule has 0 saturated heterocycles. The van der Waals surface area contributed by atoms with Gasteiger partial charge in [0.15, 0.2) is 17.1 Å². The summed E-state index contributed by atoms with van der Waals surface area (Å²) in [6.07, 6.45) is 4.28. The predicted octanol–water partition coefficient (Wildman–Crippen LogP) is 3.40. The van der Waals surface area contributed by atoms with Crippen LogP contribution in [0.2, 0.25) is 0 Å². The molecule has 0 saturated carbocycles. The standard InChI is InChI=1S/C24H21N7O3S/c1-24(32,22-25-9-12-35-22)7-5-17-14-21-30(10-2-11-31(21)29-17)20-6-8-26-23(28-20)27-16-3-4-18-19(13-16)34-15-33-18/h3-4,6,8-9,12-14,32H,2,10-11,15H2,1H3,(H,26,27,28). The average molecular weight is 488 g/mol. The molecule has 2 N–H and O–H groups in total. The minimum absolute atomic E-state index is 0.224. The van der Waals surface area contributed by atoms with Crippen LogP contribution in [-0.2, 0) is 12.1 Å². The van der Waals surface area contributed by atoms with E-state index in [2.05, 4.69) is 37.1 Å². The number of aryl methyl sites for hydroxylation is 1. The zero-order chi connectivity index (χ0) is 23.8. The van der Waals surface area contributed by atoms with E-state index in [4.69, 9.17) is 14.5 Å². The maximum Gasteiger partial charge on any atom is 0.231 e. The van der Waals surface area contributed by atoms with Crippen molar-refractivity contribution in [2.24, 2.45) is 0 Å². The third-order valence-corrected chi connectivity index (χ3v) is 6.60. The Morgan fingerprint density at radius 3 is 2.91 bits per heavy atom. The molecule has 1 atom stereocenters. The molecule has 2 aliphatic heterocycles. The first-order valence-corrected chi connectivity index (χ1v) is 11.9. The van der Waals surface area contributed by atoms with Crippen molar-refractivity contribution < 1.29 is 14.6 Å². The highest BCUT2D eigenvalue weighted by Crippen LogP contribution is 2.35. The fourth-order valence-corrected chi connectivity index (χ4v) is 4.59. The first kappa shape index (κ1) is 21.4. The van der Waals surface area contributed by atoms with Crippen LogP contribution in [0.5, 0.6) is 11.5 Å². The van der Waals surface area contributed by atoms with Crippen molar-refractivity contribution in [3.05, 3.63) is 58.8 Å². The average Bonchev–Trinajstić information content (AvgIpc) is 3.63. The Hall–Kier alpha value is -4.14. The highest BCUT2D eigenvalue weighted by atomic mass is 32.1. The Labute approximate surface area is 205 Å². The Balaban J connectivity index is 1.25. The van der Waals surface area contributed by atoms with E-state index in [9.17, 15) is 5.11 Å². The molecular formula is C24H21N7O3S. The molecule has 176 valence electrons. The molecule has 0 aliphatic carbocycles. The molecule has 5 heterocycles. The Bertz CT molecular complexity index is 1440. The van der Waals surface area contributed by atoms with Crippen LogP contribution in [0, 0.1) is 11.8 Å². The second-order valence-electron chi connectivity index (χ2n) is 8.21. The van der Waals surface area contributed by atoms with Crippen LogP contribution in [-0.4, -0.2) is 43.2 Å². The Morgan fingerprint density at radius 1 is 1.11 bits per heavy atom. The van der Waals surface area contributed by atoms with Gasteiger partial charge in [-0.15, -0.1) is 11.3 Å². The first-order chi connectivity index (χ1) is 17.0. The zero-order valence-electron chi connectivity index (χ0n) is 18.8. The monoisotopic (exact) mass is 487 g/mol. The van der Waals surface area contributed by atoms with Crippen LogP contribution in [0.1, 0.15) is 24.0 Å². The largest absolute Gasteiger partial charge is 0.454 e. The van der Waals surface area contributed by atoms with Crippen molar-refractivity contribution in [2.75, 3.05) is 23.6 Å². The molecule has 3 aromatic heterocycles. The zero-order valence-corrected chi connectivity index (χ0v) is 19.6. The van der Waals surface area contributed by atoms with Crippen LogP contribution < -0.4 is 19.7 Å². The van der Waals surface area contributed by atoms with Crippen LogP contribution in [0.3, 0.4) is 0 Å². The lowest BCUT2D eigenvalue weighted by Gasteiger charge is -2.28. The van der Waals surface area contributed by atoms with Crippen molar-refractivity contribution >= 4 is 34.6 Å². The van der Waals surface area contributed by atoms with E-state index in [-0.39, 0.29) is 6.79 Å². The molecule has 6 rings (SSSR count). The van der Waals surface area contributed by atoms with E-state index in [1.165, 1.54) is 11.3 Å². The number of rotatable bonds is 4. The molecular weight excluding hydrogens is 466 g/mol. The molecule has 0 bridgehead atoms. The molecule has 0 spiro atoms. The quantitative estimate of drug-likeness (QED) is 0.419. The summed E-state index contributed by atoms with van der Waals surface area (Å²) in [5.41, 5.74) is 0.0522. The summed E-state index contributed by atoms with van der Waals surface area (Å²) in [5.74, 6) is 9.43. The van der Waals surface area contributed by atoms with Gasteiger partial charge in [0.05, 0.1) is 0 Å². The summed E-state index contributed by atoms with van der Waals surface area (Å²) in [6, 6.07) is 9.39. The number of fused-ring (bicyclic) bond motifs is 2. The lowest BCUT2D eigenvalue weighted by molar-refractivity contribution is 0.122. The summed E-state index contributed by atoms with van der Waals surface area (Å²) in [7, 11) is 0. The van der Waals surface area contributed by atoms with Crippen LogP contribution in [0.15, 0.2) is 48.1 Å². The fraction of sp³-hybridized carbons (Fsp3) is 0.250. The van der Waals surface area contributed by atoms with Crippen LogP contribution in [0.25, 0.3) is 0 Å². The number of nitrogens with zero attached hydrogens (tertiary/aromatic N) is 6. The van der Waals surface area contributed by atoms with Gasteiger partial charge >= 0.3 is 0 Å². The third kappa shape index (κ3) is 4.25. The lowest BCUT2D eigenvalue weighted by atomic mass is 10.1. The molecule has 2 aliphatic rings. The van der Waals surface area contributed by atoms with Crippen LogP contribution >= 0.6 is 11.3 Å². The van der Waals surface area contributed by atoms with Gasteiger partial charge in [-0.1, -0.05) is 5.92 Å². The fourth-order valence-electron chi connectivity index (χ4n) is 3.94. The van der Waals surface area contributed by atoms with E-state index in [0.717, 1.165) is 42.6 Å². The van der Waals surface area contributed by atoms with E-state index in [0.29, 0.717) is 22.4 Å². The van der Waals surface area contributed by atoms with Crippen molar-refractivity contribution in [3.8, 4) is 23.3 Å². The van der Waals surface area contributed by atoms with E-state index in [1.807, 2.05) is 40.4 Å². The van der Waals surface area contributed by atoms with Gasteiger partial charge in [-0.2, -0.15) is 10.1 Å². The molecule has 1 aromatic carbocycles. The highest BCUT2D eigenvalue weighted by molar-refractivity contribution is 7.09. The first-order valence-electron chi connectivity index (χ1n) is 11.1. The molecule has 10 nitrogen and oxygen atoms in total. The SMILES string of the molecule is CC(O)(C#Cc1cc2n(n1)CCCN2c1ccnc(Nc2ccc3c(c2)OCO3)n1)c1nccs1. The molecule has 11 heteroatoms. The predicted molar refractivity (Wildman–Crippen MR) is 130 cm³/mol. The second kappa shape index (κ2) is 8.57. The third-order valence-electron chi connectivity index (χ3n) is 5.62. The molecule has 0 amide bonds. The Morgan fingerprint density at radius 2 is 2.03 bits per heavy atom.